The maximum absolute atomic E-state index is 13.0. The summed E-state index contributed by atoms with van der Waals surface area (Å²) in [5.41, 5.74) is -0.556. The molecule has 0 aromatic heterocycles. The van der Waals surface area contributed by atoms with Crippen molar-refractivity contribution >= 4 is 11.9 Å². The number of carboxylic acids is 1. The number of esters is 1. The number of aliphatic carboxylic acids is 1. The van der Waals surface area contributed by atoms with Gasteiger partial charge in [-0.05, 0) is 89.4 Å². The normalized spacial score (nSPS) is 33.0. The van der Waals surface area contributed by atoms with Crippen LogP contribution in [0.5, 0.6) is 0 Å². The zero-order valence-corrected chi connectivity index (χ0v) is 21.1. The van der Waals surface area contributed by atoms with Crippen LogP contribution in [0.2, 0.25) is 0 Å². The van der Waals surface area contributed by atoms with Gasteiger partial charge in [-0.15, -0.1) is 0 Å². The molecule has 192 valence electrons. The molecule has 2 rings (SSSR count). The highest BCUT2D eigenvalue weighted by atomic mass is 16.5. The number of ether oxygens (including phenoxy) is 1. The summed E-state index contributed by atoms with van der Waals surface area (Å²) in [4.78, 5) is 23.8. The Morgan fingerprint density at radius 1 is 1.09 bits per heavy atom. The van der Waals surface area contributed by atoms with Crippen molar-refractivity contribution < 1.29 is 34.8 Å². The summed E-state index contributed by atoms with van der Waals surface area (Å²) < 4.78 is 6.17. The third kappa shape index (κ3) is 7.66. The summed E-state index contributed by atoms with van der Waals surface area (Å²) in [5, 5.41) is 39.5. The predicted octanol–water partition coefficient (Wildman–Crippen LogP) is 3.77. The minimum absolute atomic E-state index is 0.0503. The predicted molar refractivity (Wildman–Crippen MR) is 125 cm³/mol. The molecule has 2 aliphatic rings. The average Bonchev–Trinajstić information content (AvgIpc) is 2.72. The van der Waals surface area contributed by atoms with E-state index in [1.165, 1.54) is 0 Å². The van der Waals surface area contributed by atoms with Gasteiger partial charge in [-0.25, -0.2) is 0 Å². The van der Waals surface area contributed by atoms with E-state index in [0.717, 1.165) is 25.7 Å². The van der Waals surface area contributed by atoms with Gasteiger partial charge in [-0.1, -0.05) is 20.3 Å². The van der Waals surface area contributed by atoms with Crippen LogP contribution in [-0.4, -0.2) is 56.8 Å². The van der Waals surface area contributed by atoms with E-state index in [1.54, 1.807) is 0 Å². The van der Waals surface area contributed by atoms with E-state index < -0.39 is 29.7 Å². The van der Waals surface area contributed by atoms with Gasteiger partial charge in [0, 0.05) is 5.92 Å². The zero-order valence-electron chi connectivity index (χ0n) is 21.1. The Balaban J connectivity index is 2.15. The van der Waals surface area contributed by atoms with Gasteiger partial charge in [0.2, 0.25) is 0 Å². The van der Waals surface area contributed by atoms with Gasteiger partial charge in [0.25, 0.3) is 0 Å². The first-order valence-electron chi connectivity index (χ1n) is 12.8. The fourth-order valence-electron chi connectivity index (χ4n) is 5.95. The van der Waals surface area contributed by atoms with Crippen LogP contribution in [0.3, 0.4) is 0 Å². The quantitative estimate of drug-likeness (QED) is 0.339. The molecule has 7 nitrogen and oxygen atoms in total. The number of carbonyl (C=O) groups is 2. The van der Waals surface area contributed by atoms with Crippen molar-refractivity contribution in [2.75, 3.05) is 0 Å². The van der Waals surface area contributed by atoms with Gasteiger partial charge < -0.3 is 25.2 Å². The highest BCUT2D eigenvalue weighted by Gasteiger charge is 2.49. The highest BCUT2D eigenvalue weighted by molar-refractivity contribution is 5.76. The number of hydrogen-bond donors (Lipinski definition) is 4. The van der Waals surface area contributed by atoms with E-state index in [0.29, 0.717) is 31.1 Å². The summed E-state index contributed by atoms with van der Waals surface area (Å²) in [5.74, 6) is 0.105. The van der Waals surface area contributed by atoms with Crippen molar-refractivity contribution in [3.63, 3.8) is 0 Å². The lowest BCUT2D eigenvalue weighted by Gasteiger charge is -2.51. The largest absolute Gasteiger partial charge is 0.481 e. The molecule has 0 spiro atoms. The second kappa shape index (κ2) is 12.0. The second-order valence-electron chi connectivity index (χ2n) is 11.4. The van der Waals surface area contributed by atoms with Crippen LogP contribution in [0.25, 0.3) is 0 Å². The maximum Gasteiger partial charge on any atom is 0.311 e. The van der Waals surface area contributed by atoms with Gasteiger partial charge in [-0.3, -0.25) is 9.59 Å². The average molecular weight is 471 g/mol. The Labute approximate surface area is 198 Å². The number of hydrogen-bond acceptors (Lipinski definition) is 6. The number of aliphatic hydroxyl groups is 3. The minimum atomic E-state index is -1.08. The van der Waals surface area contributed by atoms with E-state index in [9.17, 15) is 24.9 Å². The van der Waals surface area contributed by atoms with Gasteiger partial charge in [0.1, 0.15) is 6.10 Å². The van der Waals surface area contributed by atoms with Crippen molar-refractivity contribution in [2.24, 2.45) is 35.0 Å². The molecule has 4 N–H and O–H groups in total. The van der Waals surface area contributed by atoms with E-state index in [4.69, 9.17) is 9.84 Å². The SMILES string of the molecule is CCC(C)(C)C(=O)O[C@H]1C[C@H](C(C)O)C[C@@H]2CC[C@H](C)[C@H](CC[C@@H](O)C[C@@H](O)CC(=O)O)[C@@H]21. The Bertz CT molecular complexity index is 647. The second-order valence-corrected chi connectivity index (χ2v) is 11.4. The fraction of sp³-hybridized carbons (Fsp3) is 0.923. The molecule has 0 saturated heterocycles. The fourth-order valence-corrected chi connectivity index (χ4v) is 5.95. The number of carbonyl (C=O) groups excluding carboxylic acids is 1. The molecule has 7 heteroatoms. The molecule has 0 heterocycles. The van der Waals surface area contributed by atoms with Crippen molar-refractivity contribution in [2.45, 2.75) is 117 Å². The Morgan fingerprint density at radius 2 is 1.76 bits per heavy atom. The first kappa shape index (κ1) is 28.1. The van der Waals surface area contributed by atoms with Crippen LogP contribution in [0, 0.1) is 35.0 Å². The van der Waals surface area contributed by atoms with E-state index >= 15 is 0 Å². The highest BCUT2D eigenvalue weighted by Crippen LogP contribution is 2.51. The van der Waals surface area contributed by atoms with E-state index in [1.807, 2.05) is 27.7 Å². The van der Waals surface area contributed by atoms with Crippen molar-refractivity contribution in [1.82, 2.24) is 0 Å². The first-order chi connectivity index (χ1) is 15.4. The van der Waals surface area contributed by atoms with Crippen LogP contribution in [0.4, 0.5) is 0 Å². The third-order valence-corrected chi connectivity index (χ3v) is 8.50. The summed E-state index contributed by atoms with van der Waals surface area (Å²) in [6, 6.07) is 0. The lowest BCUT2D eigenvalue weighted by atomic mass is 9.57. The molecule has 2 saturated carbocycles. The summed E-state index contributed by atoms with van der Waals surface area (Å²) in [6.45, 7) is 9.84. The van der Waals surface area contributed by atoms with Gasteiger partial charge >= 0.3 is 11.9 Å². The minimum Gasteiger partial charge on any atom is -0.481 e. The van der Waals surface area contributed by atoms with Gasteiger partial charge in [-0.2, -0.15) is 0 Å². The molecule has 0 radical (unpaired) electrons. The molecule has 33 heavy (non-hydrogen) atoms. The summed E-state index contributed by atoms with van der Waals surface area (Å²) >= 11 is 0. The topological polar surface area (TPSA) is 124 Å². The van der Waals surface area contributed by atoms with Crippen molar-refractivity contribution in [3.05, 3.63) is 0 Å². The molecule has 0 aromatic rings. The number of aliphatic hydroxyl groups excluding tert-OH is 3. The van der Waals surface area contributed by atoms with Crippen LogP contribution < -0.4 is 0 Å². The Morgan fingerprint density at radius 3 is 2.33 bits per heavy atom. The molecule has 0 aliphatic heterocycles. The first-order valence-corrected chi connectivity index (χ1v) is 12.8. The molecule has 0 aromatic carbocycles. The maximum atomic E-state index is 13.0. The smallest absolute Gasteiger partial charge is 0.311 e. The lowest BCUT2D eigenvalue weighted by molar-refractivity contribution is -0.175. The van der Waals surface area contributed by atoms with Gasteiger partial charge in [0.05, 0.1) is 30.1 Å². The molecular weight excluding hydrogens is 424 g/mol. The monoisotopic (exact) mass is 470 g/mol. The van der Waals surface area contributed by atoms with Crippen LogP contribution in [0.15, 0.2) is 0 Å². The molecular formula is C26H46O7. The molecule has 2 fully saturated rings. The number of rotatable bonds is 11. The van der Waals surface area contributed by atoms with E-state index in [-0.39, 0.29) is 42.7 Å². The van der Waals surface area contributed by atoms with Crippen molar-refractivity contribution in [3.8, 4) is 0 Å². The Kier molecular flexibility index (Phi) is 10.2. The molecule has 9 atom stereocenters. The molecule has 1 unspecified atom stereocenters. The van der Waals surface area contributed by atoms with Crippen LogP contribution >= 0.6 is 0 Å². The van der Waals surface area contributed by atoms with Gasteiger partial charge in [0.15, 0.2) is 0 Å². The summed E-state index contributed by atoms with van der Waals surface area (Å²) in [6.07, 6.45) is 2.80. The number of fused-ring (bicyclic) bond motifs is 1. The molecule has 0 bridgehead atoms. The standard InChI is InChI=1S/C26H46O7/c1-6-26(4,5)25(32)33-22-12-18(16(3)27)11-17-8-7-15(2)21(24(17)22)10-9-19(28)13-20(29)14-23(30)31/h15-22,24,27-29H,6-14H2,1-5H3,(H,30,31)/t15-,16?,17-,18+,19+,20+,21-,22-,24+/m0/s1. The molecule has 0 amide bonds. The lowest BCUT2D eigenvalue weighted by Crippen LogP contribution is -2.50. The number of carboxylic acid groups (broad SMARTS) is 1. The summed E-state index contributed by atoms with van der Waals surface area (Å²) in [7, 11) is 0. The third-order valence-electron chi connectivity index (χ3n) is 8.50. The van der Waals surface area contributed by atoms with Crippen LogP contribution in [0.1, 0.15) is 92.4 Å². The van der Waals surface area contributed by atoms with Crippen LogP contribution in [-0.2, 0) is 14.3 Å². The zero-order chi connectivity index (χ0) is 24.9. The van der Waals surface area contributed by atoms with E-state index in [2.05, 4.69) is 6.92 Å². The Hall–Kier alpha value is -1.18. The van der Waals surface area contributed by atoms with Crippen molar-refractivity contribution in [1.29, 1.82) is 0 Å². The molecule has 2 aliphatic carbocycles.